The lowest BCUT2D eigenvalue weighted by Crippen LogP contribution is -2.34. The number of alkyl carbamates (subject to hydrolysis) is 1. The third-order valence-electron chi connectivity index (χ3n) is 3.06. The first-order chi connectivity index (χ1) is 11.3. The van der Waals surface area contributed by atoms with Crippen LogP contribution < -0.4 is 10.1 Å². The van der Waals surface area contributed by atoms with Gasteiger partial charge in [0.05, 0.1) is 6.54 Å². The van der Waals surface area contributed by atoms with Crippen LogP contribution in [-0.4, -0.2) is 24.8 Å². The van der Waals surface area contributed by atoms with Crippen LogP contribution in [0.15, 0.2) is 53.0 Å². The number of nitrogens with one attached hydrogen (secondary N) is 1. The number of halogens is 1. The van der Waals surface area contributed by atoms with Crippen LogP contribution in [-0.2, 0) is 4.74 Å². The van der Waals surface area contributed by atoms with Crippen molar-refractivity contribution in [2.75, 3.05) is 13.2 Å². The molecule has 2 rings (SSSR count). The summed E-state index contributed by atoms with van der Waals surface area (Å²) in [7, 11) is 0. The molecular formula is C19H22BrNO3. The first-order valence-electron chi connectivity index (χ1n) is 7.80. The Bertz CT molecular complexity index is 695. The number of amides is 1. The molecule has 0 saturated heterocycles. The summed E-state index contributed by atoms with van der Waals surface area (Å²) in [5, 5.41) is 2.67. The van der Waals surface area contributed by atoms with Crippen LogP contribution in [0.1, 0.15) is 20.8 Å². The lowest BCUT2D eigenvalue weighted by atomic mass is 10.1. The van der Waals surface area contributed by atoms with Crippen LogP contribution in [0.2, 0.25) is 0 Å². The molecule has 2 aromatic rings. The highest BCUT2D eigenvalue weighted by Gasteiger charge is 2.15. The monoisotopic (exact) mass is 391 g/mol. The Hall–Kier alpha value is -2.01. The molecule has 5 heteroatoms. The molecule has 0 unspecified atom stereocenters. The van der Waals surface area contributed by atoms with Gasteiger partial charge in [0.2, 0.25) is 0 Å². The molecular weight excluding hydrogens is 370 g/mol. The summed E-state index contributed by atoms with van der Waals surface area (Å²) in [6.45, 7) is 6.25. The topological polar surface area (TPSA) is 47.6 Å². The highest BCUT2D eigenvalue weighted by Crippen LogP contribution is 2.30. The number of benzene rings is 2. The van der Waals surface area contributed by atoms with E-state index in [1.165, 1.54) is 0 Å². The molecule has 0 spiro atoms. The van der Waals surface area contributed by atoms with Gasteiger partial charge in [-0.3, -0.25) is 0 Å². The van der Waals surface area contributed by atoms with Gasteiger partial charge in [0.1, 0.15) is 18.0 Å². The second-order valence-electron chi connectivity index (χ2n) is 6.28. The number of carbonyl (C=O) groups excluding carboxylic acids is 1. The van der Waals surface area contributed by atoms with E-state index in [4.69, 9.17) is 9.47 Å². The van der Waals surface area contributed by atoms with Gasteiger partial charge in [-0.1, -0.05) is 46.3 Å². The van der Waals surface area contributed by atoms with Gasteiger partial charge >= 0.3 is 6.09 Å². The van der Waals surface area contributed by atoms with E-state index in [1.807, 2.05) is 69.3 Å². The lowest BCUT2D eigenvalue weighted by Gasteiger charge is -2.19. The SMILES string of the molecule is CC(C)(C)OC(=O)NCCOc1cccc(-c2ccccc2Br)c1. The van der Waals surface area contributed by atoms with Crippen molar-refractivity contribution in [1.82, 2.24) is 5.32 Å². The van der Waals surface area contributed by atoms with Crippen LogP contribution in [0.25, 0.3) is 11.1 Å². The van der Waals surface area contributed by atoms with Gasteiger partial charge in [0.25, 0.3) is 0 Å². The van der Waals surface area contributed by atoms with Crippen molar-refractivity contribution in [2.24, 2.45) is 0 Å². The maximum atomic E-state index is 11.6. The van der Waals surface area contributed by atoms with Crippen LogP contribution in [0.4, 0.5) is 4.79 Å². The number of carbonyl (C=O) groups is 1. The minimum absolute atomic E-state index is 0.374. The maximum Gasteiger partial charge on any atom is 0.407 e. The van der Waals surface area contributed by atoms with Gasteiger partial charge in [-0.2, -0.15) is 0 Å². The largest absolute Gasteiger partial charge is 0.492 e. The molecule has 0 fully saturated rings. The molecule has 4 nitrogen and oxygen atoms in total. The summed E-state index contributed by atoms with van der Waals surface area (Å²) in [6.07, 6.45) is -0.437. The van der Waals surface area contributed by atoms with Crippen molar-refractivity contribution in [1.29, 1.82) is 0 Å². The predicted octanol–water partition coefficient (Wildman–Crippen LogP) is 5.02. The Kier molecular flexibility index (Phi) is 6.26. The maximum absolute atomic E-state index is 11.6. The van der Waals surface area contributed by atoms with Gasteiger partial charge in [-0.15, -0.1) is 0 Å². The van der Waals surface area contributed by atoms with E-state index in [-0.39, 0.29) is 0 Å². The minimum Gasteiger partial charge on any atom is -0.492 e. The first kappa shape index (κ1) is 18.3. The normalized spacial score (nSPS) is 11.0. The molecule has 0 aliphatic carbocycles. The van der Waals surface area contributed by atoms with Gasteiger partial charge < -0.3 is 14.8 Å². The fourth-order valence-corrected chi connectivity index (χ4v) is 2.60. The van der Waals surface area contributed by atoms with Crippen molar-refractivity contribution in [3.8, 4) is 16.9 Å². The van der Waals surface area contributed by atoms with E-state index in [9.17, 15) is 4.79 Å². The molecule has 0 aliphatic heterocycles. The quantitative estimate of drug-likeness (QED) is 0.727. The molecule has 1 N–H and O–H groups in total. The lowest BCUT2D eigenvalue weighted by molar-refractivity contribution is 0.0520. The molecule has 2 aromatic carbocycles. The highest BCUT2D eigenvalue weighted by atomic mass is 79.9. The number of ether oxygens (including phenoxy) is 2. The predicted molar refractivity (Wildman–Crippen MR) is 99.3 cm³/mol. The van der Waals surface area contributed by atoms with Gasteiger partial charge in [0.15, 0.2) is 0 Å². The molecule has 0 aliphatic rings. The molecule has 24 heavy (non-hydrogen) atoms. The Balaban J connectivity index is 1.87. The summed E-state index contributed by atoms with van der Waals surface area (Å²) >= 11 is 3.56. The molecule has 128 valence electrons. The second-order valence-corrected chi connectivity index (χ2v) is 7.14. The van der Waals surface area contributed by atoms with E-state index in [0.717, 1.165) is 21.3 Å². The van der Waals surface area contributed by atoms with E-state index in [1.54, 1.807) is 0 Å². The van der Waals surface area contributed by atoms with Crippen molar-refractivity contribution >= 4 is 22.0 Å². The molecule has 0 saturated carbocycles. The van der Waals surface area contributed by atoms with E-state index >= 15 is 0 Å². The van der Waals surface area contributed by atoms with Crippen LogP contribution in [0.5, 0.6) is 5.75 Å². The summed E-state index contributed by atoms with van der Waals surface area (Å²) < 4.78 is 11.9. The van der Waals surface area contributed by atoms with Crippen LogP contribution >= 0.6 is 15.9 Å². The summed E-state index contributed by atoms with van der Waals surface area (Å²) in [4.78, 5) is 11.6. The third kappa shape index (κ3) is 5.89. The van der Waals surface area contributed by atoms with Crippen molar-refractivity contribution in [3.63, 3.8) is 0 Å². The fraction of sp³-hybridized carbons (Fsp3) is 0.316. The Morgan fingerprint density at radius 1 is 1.12 bits per heavy atom. The molecule has 0 radical (unpaired) electrons. The average Bonchev–Trinajstić information content (AvgIpc) is 2.51. The zero-order valence-corrected chi connectivity index (χ0v) is 15.7. The van der Waals surface area contributed by atoms with Crippen LogP contribution in [0, 0.1) is 0 Å². The second kappa shape index (κ2) is 8.20. The zero-order chi connectivity index (χ0) is 17.6. The number of rotatable bonds is 5. The fourth-order valence-electron chi connectivity index (χ4n) is 2.08. The summed E-state index contributed by atoms with van der Waals surface area (Å²) in [5.41, 5.74) is 1.68. The molecule has 1 amide bonds. The summed E-state index contributed by atoms with van der Waals surface area (Å²) in [5.74, 6) is 0.759. The van der Waals surface area contributed by atoms with E-state index in [2.05, 4.69) is 21.2 Å². The minimum atomic E-state index is -0.498. The number of hydrogen-bond donors (Lipinski definition) is 1. The average molecular weight is 392 g/mol. The van der Waals surface area contributed by atoms with Crippen molar-refractivity contribution in [3.05, 3.63) is 53.0 Å². The highest BCUT2D eigenvalue weighted by molar-refractivity contribution is 9.10. The Morgan fingerprint density at radius 2 is 1.88 bits per heavy atom. The Labute approximate surface area is 151 Å². The zero-order valence-electron chi connectivity index (χ0n) is 14.1. The van der Waals surface area contributed by atoms with Gasteiger partial charge in [-0.05, 0) is 50.1 Å². The molecule has 0 bridgehead atoms. The smallest absolute Gasteiger partial charge is 0.407 e. The van der Waals surface area contributed by atoms with Gasteiger partial charge in [-0.25, -0.2) is 4.79 Å². The third-order valence-corrected chi connectivity index (χ3v) is 3.75. The standard InChI is InChI=1S/C19H22BrNO3/c1-19(2,3)24-18(22)21-11-12-23-15-8-6-7-14(13-15)16-9-4-5-10-17(16)20/h4-10,13H,11-12H2,1-3H3,(H,21,22). The van der Waals surface area contributed by atoms with Gasteiger partial charge in [0, 0.05) is 4.47 Å². The molecule has 0 heterocycles. The molecule has 0 atom stereocenters. The van der Waals surface area contributed by atoms with Crippen molar-refractivity contribution in [2.45, 2.75) is 26.4 Å². The van der Waals surface area contributed by atoms with Crippen LogP contribution in [0.3, 0.4) is 0 Å². The first-order valence-corrected chi connectivity index (χ1v) is 8.59. The van der Waals surface area contributed by atoms with E-state index < -0.39 is 11.7 Å². The summed E-state index contributed by atoms with van der Waals surface area (Å²) in [6, 6.07) is 15.9. The van der Waals surface area contributed by atoms with Crippen molar-refractivity contribution < 1.29 is 14.3 Å². The Morgan fingerprint density at radius 3 is 2.58 bits per heavy atom. The molecule has 0 aromatic heterocycles. The number of hydrogen-bond acceptors (Lipinski definition) is 3. The van der Waals surface area contributed by atoms with E-state index in [0.29, 0.717) is 13.2 Å².